The van der Waals surface area contributed by atoms with Gasteiger partial charge in [0.2, 0.25) is 0 Å². The third-order valence-electron chi connectivity index (χ3n) is 1.72. The number of hydrogen-bond donors (Lipinski definition) is 2. The first kappa shape index (κ1) is 7.43. The van der Waals surface area contributed by atoms with E-state index in [1.54, 1.807) is 0 Å². The van der Waals surface area contributed by atoms with Crippen molar-refractivity contribution >= 4 is 22.6 Å². The lowest BCUT2D eigenvalue weighted by Gasteiger charge is -1.94. The maximum absolute atomic E-state index is 10.9. The Morgan fingerprint density at radius 2 is 2.08 bits per heavy atom. The lowest BCUT2D eigenvalue weighted by Crippen LogP contribution is -1.99. The molecule has 1 heterocycles. The van der Waals surface area contributed by atoms with Crippen molar-refractivity contribution in [3.63, 3.8) is 0 Å². The smallest absolute Gasteiger partial charge is 0.306 e. The Morgan fingerprint density at radius 3 is 2.83 bits per heavy atom. The molecule has 0 fully saturated rings. The minimum atomic E-state index is -0.225. The molecule has 12 heavy (non-hydrogen) atoms. The molecule has 3 nitrogen and oxygen atoms in total. The van der Waals surface area contributed by atoms with E-state index in [-0.39, 0.29) is 5.69 Å². The van der Waals surface area contributed by atoms with Crippen molar-refractivity contribution in [2.24, 2.45) is 0 Å². The van der Waals surface area contributed by atoms with Gasteiger partial charge >= 0.3 is 5.69 Å². The Bertz CT molecular complexity index is 483. The largest absolute Gasteiger partial charge is 0.323 e. The fraction of sp³-hybridized carbons (Fsp3) is 0.125. The van der Waals surface area contributed by atoms with E-state index in [1.807, 2.05) is 19.1 Å². The molecule has 1 aromatic carbocycles. The minimum absolute atomic E-state index is 0.225. The number of benzene rings is 1. The van der Waals surface area contributed by atoms with Crippen LogP contribution in [-0.2, 0) is 0 Å². The molecule has 2 N–H and O–H groups in total. The summed E-state index contributed by atoms with van der Waals surface area (Å²) >= 11 is 5.89. The number of halogens is 1. The van der Waals surface area contributed by atoms with E-state index in [4.69, 9.17) is 11.6 Å². The van der Waals surface area contributed by atoms with Crippen molar-refractivity contribution in [2.75, 3.05) is 0 Å². The lowest BCUT2D eigenvalue weighted by molar-refractivity contribution is 1.21. The van der Waals surface area contributed by atoms with Gasteiger partial charge in [0.1, 0.15) is 0 Å². The van der Waals surface area contributed by atoms with E-state index in [1.165, 1.54) is 0 Å². The van der Waals surface area contributed by atoms with Crippen LogP contribution in [0.15, 0.2) is 16.9 Å². The highest BCUT2D eigenvalue weighted by Crippen LogP contribution is 2.20. The second kappa shape index (κ2) is 2.38. The molecule has 0 aliphatic carbocycles. The zero-order chi connectivity index (χ0) is 8.72. The van der Waals surface area contributed by atoms with Crippen LogP contribution in [0.1, 0.15) is 5.56 Å². The van der Waals surface area contributed by atoms with Gasteiger partial charge in [0.25, 0.3) is 0 Å². The van der Waals surface area contributed by atoms with Gasteiger partial charge in [-0.3, -0.25) is 0 Å². The number of imidazole rings is 1. The third-order valence-corrected chi connectivity index (χ3v) is 2.02. The Kier molecular flexibility index (Phi) is 1.48. The number of nitrogens with one attached hydrogen (secondary N) is 2. The van der Waals surface area contributed by atoms with Crippen molar-refractivity contribution in [2.45, 2.75) is 6.92 Å². The van der Waals surface area contributed by atoms with Crippen molar-refractivity contribution in [1.82, 2.24) is 9.97 Å². The predicted octanol–water partition coefficient (Wildman–Crippen LogP) is 1.82. The van der Waals surface area contributed by atoms with Gasteiger partial charge in [-0.25, -0.2) is 4.79 Å². The van der Waals surface area contributed by atoms with Crippen LogP contribution in [0.4, 0.5) is 0 Å². The van der Waals surface area contributed by atoms with Gasteiger partial charge in [-0.2, -0.15) is 0 Å². The fourth-order valence-electron chi connectivity index (χ4n) is 1.23. The number of fused-ring (bicyclic) bond motifs is 1. The molecular weight excluding hydrogens is 176 g/mol. The highest BCUT2D eigenvalue weighted by atomic mass is 35.5. The van der Waals surface area contributed by atoms with E-state index >= 15 is 0 Å². The zero-order valence-corrected chi connectivity index (χ0v) is 7.20. The Hall–Kier alpha value is -1.22. The van der Waals surface area contributed by atoms with Crippen LogP contribution >= 0.6 is 11.6 Å². The number of hydrogen-bond acceptors (Lipinski definition) is 1. The average molecular weight is 183 g/mol. The van der Waals surface area contributed by atoms with E-state index in [0.29, 0.717) is 10.5 Å². The van der Waals surface area contributed by atoms with Crippen LogP contribution in [0.25, 0.3) is 11.0 Å². The number of aryl methyl sites for hydroxylation is 1. The number of rotatable bonds is 0. The number of aromatic nitrogens is 2. The molecule has 4 heteroatoms. The standard InChI is InChI=1S/C8H7ClN2O/c1-4-2-5(9)7-6(3-4)10-8(12)11-7/h2-3H,1H3,(H2,10,11,12). The molecule has 0 saturated carbocycles. The molecule has 0 spiro atoms. The summed E-state index contributed by atoms with van der Waals surface area (Å²) in [5.41, 5.74) is 2.23. The van der Waals surface area contributed by atoms with Crippen molar-refractivity contribution < 1.29 is 0 Å². The van der Waals surface area contributed by atoms with Crippen molar-refractivity contribution in [3.05, 3.63) is 33.2 Å². The summed E-state index contributed by atoms with van der Waals surface area (Å²) < 4.78 is 0. The Balaban J connectivity index is 2.97. The van der Waals surface area contributed by atoms with E-state index in [9.17, 15) is 4.79 Å². The first-order valence-corrected chi connectivity index (χ1v) is 3.93. The van der Waals surface area contributed by atoms with Crippen LogP contribution in [-0.4, -0.2) is 9.97 Å². The topological polar surface area (TPSA) is 48.6 Å². The van der Waals surface area contributed by atoms with Gasteiger partial charge in [0, 0.05) is 0 Å². The van der Waals surface area contributed by atoms with Gasteiger partial charge in [-0.15, -0.1) is 0 Å². The summed E-state index contributed by atoms with van der Waals surface area (Å²) in [6.45, 7) is 1.93. The molecule has 0 radical (unpaired) electrons. The molecular formula is C8H7ClN2O. The van der Waals surface area contributed by atoms with Gasteiger partial charge in [-0.1, -0.05) is 11.6 Å². The van der Waals surface area contributed by atoms with Gasteiger partial charge in [0.05, 0.1) is 16.1 Å². The first-order valence-electron chi connectivity index (χ1n) is 3.55. The summed E-state index contributed by atoms with van der Waals surface area (Å²) in [6, 6.07) is 3.69. The molecule has 0 unspecified atom stereocenters. The van der Waals surface area contributed by atoms with Gasteiger partial charge in [0.15, 0.2) is 0 Å². The quantitative estimate of drug-likeness (QED) is 0.642. The van der Waals surface area contributed by atoms with Gasteiger partial charge < -0.3 is 9.97 Å². The average Bonchev–Trinajstić information content (AvgIpc) is 2.29. The summed E-state index contributed by atoms with van der Waals surface area (Å²) in [7, 11) is 0. The van der Waals surface area contributed by atoms with Crippen molar-refractivity contribution in [1.29, 1.82) is 0 Å². The Morgan fingerprint density at radius 1 is 1.33 bits per heavy atom. The van der Waals surface area contributed by atoms with Crippen LogP contribution in [0, 0.1) is 6.92 Å². The number of H-pyrrole nitrogens is 2. The van der Waals surface area contributed by atoms with Crippen molar-refractivity contribution in [3.8, 4) is 0 Å². The van der Waals surface area contributed by atoms with E-state index in [2.05, 4.69) is 9.97 Å². The first-order chi connectivity index (χ1) is 5.66. The van der Waals surface area contributed by atoms with Crippen LogP contribution in [0.5, 0.6) is 0 Å². The molecule has 0 bridgehead atoms. The molecule has 0 atom stereocenters. The van der Waals surface area contributed by atoms with Crippen LogP contribution in [0.3, 0.4) is 0 Å². The molecule has 1 aromatic heterocycles. The molecule has 0 aliphatic heterocycles. The second-order valence-corrected chi connectivity index (χ2v) is 3.16. The van der Waals surface area contributed by atoms with Crippen LogP contribution in [0.2, 0.25) is 5.02 Å². The molecule has 0 aliphatic rings. The summed E-state index contributed by atoms with van der Waals surface area (Å²) in [4.78, 5) is 16.1. The highest BCUT2D eigenvalue weighted by molar-refractivity contribution is 6.34. The maximum Gasteiger partial charge on any atom is 0.323 e. The molecule has 2 aromatic rings. The summed E-state index contributed by atoms with van der Waals surface area (Å²) in [6.07, 6.45) is 0. The zero-order valence-electron chi connectivity index (χ0n) is 6.44. The highest BCUT2D eigenvalue weighted by Gasteiger charge is 2.02. The molecule has 2 rings (SSSR count). The molecule has 0 amide bonds. The monoisotopic (exact) mass is 182 g/mol. The molecule has 0 saturated heterocycles. The normalized spacial score (nSPS) is 10.8. The lowest BCUT2D eigenvalue weighted by atomic mass is 10.2. The second-order valence-electron chi connectivity index (χ2n) is 2.75. The summed E-state index contributed by atoms with van der Waals surface area (Å²) in [5, 5.41) is 0.573. The van der Waals surface area contributed by atoms with Gasteiger partial charge in [-0.05, 0) is 24.6 Å². The number of aromatic amines is 2. The SMILES string of the molecule is Cc1cc(Cl)c2[nH]c(=O)[nH]c2c1. The van der Waals surface area contributed by atoms with E-state index < -0.39 is 0 Å². The Labute approximate surface area is 73.4 Å². The fourth-order valence-corrected chi connectivity index (χ4v) is 1.56. The molecule has 62 valence electrons. The summed E-state index contributed by atoms with van der Waals surface area (Å²) in [5.74, 6) is 0. The third kappa shape index (κ3) is 1.02. The van der Waals surface area contributed by atoms with E-state index in [0.717, 1.165) is 11.1 Å². The predicted molar refractivity (Wildman–Crippen MR) is 48.7 cm³/mol. The van der Waals surface area contributed by atoms with Crippen LogP contribution < -0.4 is 5.69 Å². The maximum atomic E-state index is 10.9. The minimum Gasteiger partial charge on any atom is -0.306 e.